The first kappa shape index (κ1) is 77.2. The summed E-state index contributed by atoms with van der Waals surface area (Å²) in [6, 6.07) is 105. The molecule has 0 atom stereocenters. The molecule has 116 heavy (non-hydrogen) atoms. The van der Waals surface area contributed by atoms with E-state index < -0.39 is 0 Å². The highest BCUT2D eigenvalue weighted by molar-refractivity contribution is 6.14. The van der Waals surface area contributed by atoms with Gasteiger partial charge in [0, 0.05) is 82.3 Å². The molecule has 0 radical (unpaired) electrons. The SMILES string of the molecule is Cc1cc(-n2c3ccc(C)cc3c3cc(C)ccc32)cc(C(C)(C)C)c1.Cc1cc(C)cc(-n2c3ccc(C)cc3c3cc(C)ccc32)c1.Cc1cc(C)cc(-n2c3ccc(C)cc3c3cc(C)ccc32)c1.Cc1cc(C)cc(-n2c3ccccc3c3cc(C)ccc32)c1.Cc1cccc(-n2c3ccc(C)cc3c3cc(C)ccc32)c1. The zero-order valence-electron chi connectivity index (χ0n) is 71.4. The molecule has 0 amide bonds. The minimum Gasteiger partial charge on any atom is -0.309 e. The van der Waals surface area contributed by atoms with Crippen LogP contribution in [0.25, 0.3) is 137 Å². The van der Waals surface area contributed by atoms with E-state index in [4.69, 9.17) is 0 Å². The van der Waals surface area contributed by atoms with E-state index in [0.29, 0.717) is 0 Å². The summed E-state index contributed by atoms with van der Waals surface area (Å²) in [6.07, 6.45) is 0. The van der Waals surface area contributed by atoms with Crippen LogP contribution in [-0.4, -0.2) is 22.8 Å². The Bertz CT molecular complexity index is 6790. The van der Waals surface area contributed by atoms with Crippen molar-refractivity contribution in [3.05, 3.63) is 385 Å². The number of benzene rings is 15. The summed E-state index contributed by atoms with van der Waals surface area (Å²) >= 11 is 0. The van der Waals surface area contributed by atoms with Crippen LogP contribution in [0.15, 0.2) is 285 Å². The van der Waals surface area contributed by atoms with Gasteiger partial charge in [-0.3, -0.25) is 0 Å². The van der Waals surface area contributed by atoms with Crippen molar-refractivity contribution in [3.8, 4) is 28.4 Å². The van der Waals surface area contributed by atoms with Gasteiger partial charge in [-0.15, -0.1) is 0 Å². The van der Waals surface area contributed by atoms with E-state index in [1.54, 1.807) is 0 Å². The Morgan fingerprint density at radius 3 is 0.595 bits per heavy atom. The lowest BCUT2D eigenvalue weighted by Crippen LogP contribution is -2.12. The van der Waals surface area contributed by atoms with Gasteiger partial charge in [-0.1, -0.05) is 180 Å². The van der Waals surface area contributed by atoms with Crippen LogP contribution in [0.2, 0.25) is 0 Å². The molecule has 0 saturated heterocycles. The molecule has 5 heteroatoms. The van der Waals surface area contributed by atoms with Gasteiger partial charge in [-0.05, 0) is 349 Å². The molecule has 576 valence electrons. The van der Waals surface area contributed by atoms with E-state index in [1.165, 1.54) is 238 Å². The lowest BCUT2D eigenvalue weighted by Gasteiger charge is -2.21. The van der Waals surface area contributed by atoms with Gasteiger partial charge in [0.2, 0.25) is 0 Å². The summed E-state index contributed by atoms with van der Waals surface area (Å²) in [5.41, 5.74) is 42.6. The molecule has 0 spiro atoms. The molecule has 5 aromatic heterocycles. The van der Waals surface area contributed by atoms with E-state index in [0.717, 1.165) is 0 Å². The first-order valence-corrected chi connectivity index (χ1v) is 41.1. The Morgan fingerprint density at radius 2 is 0.345 bits per heavy atom. The van der Waals surface area contributed by atoms with Crippen molar-refractivity contribution >= 4 is 109 Å². The normalized spacial score (nSPS) is 11.6. The maximum atomic E-state index is 2.42. The number of rotatable bonds is 5. The van der Waals surface area contributed by atoms with Crippen molar-refractivity contribution in [1.29, 1.82) is 0 Å². The van der Waals surface area contributed by atoms with Gasteiger partial charge in [-0.2, -0.15) is 0 Å². The van der Waals surface area contributed by atoms with Crippen molar-refractivity contribution < 1.29 is 0 Å². The zero-order chi connectivity index (χ0) is 81.4. The highest BCUT2D eigenvalue weighted by atomic mass is 15.0. The third kappa shape index (κ3) is 15.2. The minimum atomic E-state index is 0.132. The molecule has 0 N–H and O–H groups in total. The lowest BCUT2D eigenvalue weighted by atomic mass is 9.86. The van der Waals surface area contributed by atoms with E-state index >= 15 is 0 Å². The quantitative estimate of drug-likeness (QED) is 0.164. The molecule has 0 unspecified atom stereocenters. The van der Waals surface area contributed by atoms with Gasteiger partial charge in [-0.25, -0.2) is 0 Å². The summed E-state index contributed by atoms with van der Waals surface area (Å²) < 4.78 is 12.0. The predicted molar refractivity (Wildman–Crippen MR) is 503 cm³/mol. The zero-order valence-corrected chi connectivity index (χ0v) is 71.4. The highest BCUT2D eigenvalue weighted by Crippen LogP contribution is 2.41. The molecule has 20 aromatic rings. The van der Waals surface area contributed by atoms with Crippen LogP contribution >= 0.6 is 0 Å². The maximum absolute atomic E-state index is 2.42. The second kappa shape index (κ2) is 30.9. The van der Waals surface area contributed by atoms with Gasteiger partial charge in [0.1, 0.15) is 0 Å². The van der Waals surface area contributed by atoms with E-state index in [-0.39, 0.29) is 5.41 Å². The minimum absolute atomic E-state index is 0.132. The fourth-order valence-corrected chi connectivity index (χ4v) is 17.8. The van der Waals surface area contributed by atoms with Crippen molar-refractivity contribution in [2.45, 2.75) is 144 Å². The monoisotopic (exact) mass is 1510 g/mol. The largest absolute Gasteiger partial charge is 0.309 e. The average Bonchev–Trinajstić information content (AvgIpc) is 1.61. The fraction of sp³-hybridized carbons (Fsp3) is 0.189. The van der Waals surface area contributed by atoms with Crippen LogP contribution in [0.4, 0.5) is 0 Å². The first-order valence-electron chi connectivity index (χ1n) is 41.1. The standard InChI is InChI=1S/C25H27N.2C22H21N.2C21H19N/c1-16-7-9-23-21(13-16)22-14-17(2)8-10-24(22)26(23)20-12-18(3)11-19(15-20)25(4,5)6;2*1-14-5-7-21-19(12-14)20-13-15(2)6-8-22(20)23(21)18-10-16(3)9-17(4)11-18;1-14-5-4-6-17(11-14)22-20-9-7-15(2)12-18(20)19-13-16(3)8-10-21(19)22;1-14-8-9-21-19(13-14)18-6-4-5-7-20(18)22(21)17-11-15(2)10-16(3)12-17/h7-15H,1-6H3;2*5-13H,1-4H3;2*4-13H,1-3H3. The fourth-order valence-electron chi connectivity index (χ4n) is 17.8. The Kier molecular flexibility index (Phi) is 20.6. The Hall–Kier alpha value is -12.7. The lowest BCUT2D eigenvalue weighted by molar-refractivity contribution is 0.589. The smallest absolute Gasteiger partial charge is 0.0541 e. The Labute approximate surface area is 685 Å². The topological polar surface area (TPSA) is 24.6 Å². The van der Waals surface area contributed by atoms with Gasteiger partial charge in [0.05, 0.1) is 55.2 Å². The van der Waals surface area contributed by atoms with E-state index in [1.807, 2.05) is 0 Å². The van der Waals surface area contributed by atoms with Crippen LogP contribution in [0.5, 0.6) is 0 Å². The molecule has 0 fully saturated rings. The van der Waals surface area contributed by atoms with Crippen LogP contribution in [0, 0.1) is 118 Å². The van der Waals surface area contributed by atoms with Crippen molar-refractivity contribution in [3.63, 3.8) is 0 Å². The number of hydrogen-bond donors (Lipinski definition) is 0. The highest BCUT2D eigenvalue weighted by Gasteiger charge is 2.21. The number of para-hydroxylation sites is 1. The number of aromatic nitrogens is 5. The first-order chi connectivity index (χ1) is 55.5. The van der Waals surface area contributed by atoms with Crippen LogP contribution in [0.1, 0.15) is 121 Å². The molecule has 0 aliphatic rings. The summed E-state index contributed by atoms with van der Waals surface area (Å²) in [4.78, 5) is 0. The molecule has 0 aliphatic carbocycles. The second-order valence-corrected chi connectivity index (χ2v) is 34.6. The van der Waals surface area contributed by atoms with E-state index in [2.05, 4.69) is 446 Å². The maximum Gasteiger partial charge on any atom is 0.0541 e. The Balaban J connectivity index is 0.000000109. The predicted octanol–water partition coefficient (Wildman–Crippen LogP) is 30.5. The summed E-state index contributed by atoms with van der Waals surface area (Å²) in [7, 11) is 0. The van der Waals surface area contributed by atoms with Crippen LogP contribution in [-0.2, 0) is 5.41 Å². The van der Waals surface area contributed by atoms with E-state index in [9.17, 15) is 0 Å². The molecular formula is C111H107N5. The Morgan fingerprint density at radius 1 is 0.147 bits per heavy atom. The van der Waals surface area contributed by atoms with Crippen molar-refractivity contribution in [2.24, 2.45) is 0 Å². The van der Waals surface area contributed by atoms with Gasteiger partial charge in [0.25, 0.3) is 0 Å². The van der Waals surface area contributed by atoms with Crippen molar-refractivity contribution in [1.82, 2.24) is 22.8 Å². The molecule has 0 saturated carbocycles. The number of hydrogen-bond acceptors (Lipinski definition) is 0. The number of fused-ring (bicyclic) bond motifs is 15. The van der Waals surface area contributed by atoms with Gasteiger partial charge >= 0.3 is 0 Å². The molecule has 20 rings (SSSR count). The van der Waals surface area contributed by atoms with Crippen LogP contribution < -0.4 is 0 Å². The summed E-state index contributed by atoms with van der Waals surface area (Å²) in [5, 5.41) is 13.3. The van der Waals surface area contributed by atoms with Gasteiger partial charge < -0.3 is 22.8 Å². The molecule has 5 heterocycles. The number of nitrogens with zero attached hydrogens (tertiary/aromatic N) is 5. The third-order valence-electron chi connectivity index (χ3n) is 23.0. The third-order valence-corrected chi connectivity index (χ3v) is 23.0. The van der Waals surface area contributed by atoms with Crippen molar-refractivity contribution in [2.75, 3.05) is 0 Å². The summed E-state index contributed by atoms with van der Waals surface area (Å²) in [5.74, 6) is 0. The molecule has 0 aliphatic heterocycles. The van der Waals surface area contributed by atoms with Crippen LogP contribution in [0.3, 0.4) is 0 Å². The molecule has 5 nitrogen and oxygen atoms in total. The van der Waals surface area contributed by atoms with Gasteiger partial charge in [0.15, 0.2) is 0 Å². The summed E-state index contributed by atoms with van der Waals surface area (Å²) in [6.45, 7) is 43.6. The average molecular weight is 1510 g/mol. The second-order valence-electron chi connectivity index (χ2n) is 34.6. The number of aryl methyl sites for hydroxylation is 17. The molecule has 0 bridgehead atoms. The molecular weight excluding hydrogens is 1400 g/mol. The molecule has 15 aromatic carbocycles.